The topological polar surface area (TPSA) is 35.6 Å². The van der Waals surface area contributed by atoms with Gasteiger partial charge < -0.3 is 10.2 Å². The number of piperazine rings is 1. The van der Waals surface area contributed by atoms with Crippen LogP contribution in [0, 0.1) is 0 Å². The average molecular weight is 329 g/mol. The van der Waals surface area contributed by atoms with Crippen LogP contribution in [0.4, 0.5) is 0 Å². The number of nitrogens with one attached hydrogen (secondary N) is 1. The molecule has 132 valence electrons. The highest BCUT2D eigenvalue weighted by Gasteiger charge is 2.19. The number of carbonyl (C=O) groups is 1. The molecule has 0 radical (unpaired) electrons. The van der Waals surface area contributed by atoms with E-state index in [4.69, 9.17) is 0 Å². The molecule has 0 aliphatic carbocycles. The largest absolute Gasteiger partial charge is 0.340 e. The summed E-state index contributed by atoms with van der Waals surface area (Å²) >= 11 is 0. The first-order valence-electron chi connectivity index (χ1n) is 9.22. The summed E-state index contributed by atoms with van der Waals surface area (Å²) in [6.07, 6.45) is 7.38. The van der Waals surface area contributed by atoms with E-state index in [0.717, 1.165) is 45.8 Å². The maximum Gasteiger partial charge on any atom is 0.223 e. The first-order valence-corrected chi connectivity index (χ1v) is 9.22. The molecular weight excluding hydrogens is 298 g/mol. The van der Waals surface area contributed by atoms with Crippen molar-refractivity contribution in [3.05, 3.63) is 42.0 Å². The van der Waals surface area contributed by atoms with E-state index in [9.17, 15) is 4.79 Å². The number of unbranched alkanes of at least 4 members (excludes halogenated alkanes) is 1. The fraction of sp³-hybridized carbons (Fsp3) is 0.550. The van der Waals surface area contributed by atoms with Crippen molar-refractivity contribution >= 4 is 12.0 Å². The molecular formula is C20H31N3O. The number of rotatable bonds is 9. The van der Waals surface area contributed by atoms with Crippen molar-refractivity contribution in [3.63, 3.8) is 0 Å². The molecule has 1 aromatic rings. The molecule has 4 nitrogen and oxygen atoms in total. The lowest BCUT2D eigenvalue weighted by Gasteiger charge is -2.34. The minimum absolute atomic E-state index is 0.290. The van der Waals surface area contributed by atoms with Crippen molar-refractivity contribution in [1.82, 2.24) is 15.1 Å². The zero-order valence-corrected chi connectivity index (χ0v) is 14.9. The Morgan fingerprint density at radius 2 is 1.88 bits per heavy atom. The van der Waals surface area contributed by atoms with E-state index in [1.165, 1.54) is 18.4 Å². The summed E-state index contributed by atoms with van der Waals surface area (Å²) in [7, 11) is 0. The zero-order chi connectivity index (χ0) is 17.0. The highest BCUT2D eigenvalue weighted by Crippen LogP contribution is 2.05. The monoisotopic (exact) mass is 329 g/mol. The van der Waals surface area contributed by atoms with Crippen molar-refractivity contribution in [2.45, 2.75) is 26.2 Å². The molecule has 0 unspecified atom stereocenters. The Morgan fingerprint density at radius 3 is 2.58 bits per heavy atom. The number of amides is 1. The van der Waals surface area contributed by atoms with Gasteiger partial charge in [0.2, 0.25) is 5.91 Å². The first kappa shape index (κ1) is 18.7. The van der Waals surface area contributed by atoms with Gasteiger partial charge >= 0.3 is 0 Å². The Kier molecular flexibility index (Phi) is 8.56. The predicted molar refractivity (Wildman–Crippen MR) is 101 cm³/mol. The van der Waals surface area contributed by atoms with Crippen LogP contribution in [0.3, 0.4) is 0 Å². The van der Waals surface area contributed by atoms with E-state index < -0.39 is 0 Å². The molecule has 2 rings (SSSR count). The van der Waals surface area contributed by atoms with Crippen molar-refractivity contribution in [3.8, 4) is 0 Å². The zero-order valence-electron chi connectivity index (χ0n) is 14.9. The molecule has 1 aliphatic heterocycles. The third kappa shape index (κ3) is 6.85. The number of hydrogen-bond acceptors (Lipinski definition) is 3. The lowest BCUT2D eigenvalue weighted by atomic mass is 10.2. The molecule has 1 saturated heterocycles. The van der Waals surface area contributed by atoms with Crippen LogP contribution < -0.4 is 5.32 Å². The van der Waals surface area contributed by atoms with Crippen LogP contribution in [0.25, 0.3) is 6.08 Å². The van der Waals surface area contributed by atoms with Crippen LogP contribution in [0.15, 0.2) is 36.4 Å². The fourth-order valence-electron chi connectivity index (χ4n) is 2.86. The van der Waals surface area contributed by atoms with Crippen LogP contribution in [-0.4, -0.2) is 61.5 Å². The van der Waals surface area contributed by atoms with E-state index in [0.29, 0.717) is 12.3 Å². The summed E-state index contributed by atoms with van der Waals surface area (Å²) in [6.45, 7) is 8.60. The summed E-state index contributed by atoms with van der Waals surface area (Å²) in [5.41, 5.74) is 1.24. The molecule has 1 heterocycles. The van der Waals surface area contributed by atoms with Crippen LogP contribution in [-0.2, 0) is 4.79 Å². The second-order valence-electron chi connectivity index (χ2n) is 6.35. The molecule has 24 heavy (non-hydrogen) atoms. The quantitative estimate of drug-likeness (QED) is 0.708. The Balaban J connectivity index is 1.60. The van der Waals surface area contributed by atoms with Gasteiger partial charge in [-0.25, -0.2) is 0 Å². The number of carbonyl (C=O) groups excluding carboxylic acids is 1. The predicted octanol–water partition coefficient (Wildman–Crippen LogP) is 2.62. The summed E-state index contributed by atoms with van der Waals surface area (Å²) in [4.78, 5) is 16.6. The van der Waals surface area contributed by atoms with E-state index in [2.05, 4.69) is 53.6 Å². The molecule has 0 aromatic heterocycles. The standard InChI is InChI=1S/C20H31N3O/c1-2-3-12-21-13-11-20(24)23-17-15-22(16-18-23)14-7-10-19-8-5-4-6-9-19/h4-10,21H,2-3,11-18H2,1H3/b10-7+. The van der Waals surface area contributed by atoms with Crippen LogP contribution in [0.5, 0.6) is 0 Å². The van der Waals surface area contributed by atoms with Gasteiger partial charge in [0.05, 0.1) is 0 Å². The molecule has 4 heteroatoms. The molecule has 0 saturated carbocycles. The molecule has 1 N–H and O–H groups in total. The summed E-state index contributed by atoms with van der Waals surface area (Å²) in [5, 5.41) is 3.34. The van der Waals surface area contributed by atoms with Crippen LogP contribution in [0.1, 0.15) is 31.7 Å². The van der Waals surface area contributed by atoms with Gasteiger partial charge in [-0.15, -0.1) is 0 Å². The number of nitrogens with zero attached hydrogens (tertiary/aromatic N) is 2. The normalized spacial score (nSPS) is 16.0. The van der Waals surface area contributed by atoms with Gasteiger partial charge in [0, 0.05) is 45.7 Å². The van der Waals surface area contributed by atoms with Gasteiger partial charge in [-0.3, -0.25) is 9.69 Å². The Morgan fingerprint density at radius 1 is 1.12 bits per heavy atom. The third-order valence-electron chi connectivity index (χ3n) is 4.42. The highest BCUT2D eigenvalue weighted by atomic mass is 16.2. The van der Waals surface area contributed by atoms with Crippen molar-refractivity contribution < 1.29 is 4.79 Å². The lowest BCUT2D eigenvalue weighted by molar-refractivity contribution is -0.132. The third-order valence-corrected chi connectivity index (χ3v) is 4.42. The first-order chi connectivity index (χ1) is 11.8. The molecule has 1 aromatic carbocycles. The molecule has 0 bridgehead atoms. The fourth-order valence-corrected chi connectivity index (χ4v) is 2.86. The van der Waals surface area contributed by atoms with Gasteiger partial charge in [-0.2, -0.15) is 0 Å². The minimum atomic E-state index is 0.290. The highest BCUT2D eigenvalue weighted by molar-refractivity contribution is 5.76. The second kappa shape index (κ2) is 11.0. The van der Waals surface area contributed by atoms with Gasteiger partial charge in [0.25, 0.3) is 0 Å². The van der Waals surface area contributed by atoms with E-state index in [-0.39, 0.29) is 0 Å². The van der Waals surface area contributed by atoms with Crippen molar-refractivity contribution in [2.75, 3.05) is 45.8 Å². The second-order valence-corrected chi connectivity index (χ2v) is 6.35. The minimum Gasteiger partial charge on any atom is -0.340 e. The van der Waals surface area contributed by atoms with Gasteiger partial charge in [-0.1, -0.05) is 55.8 Å². The average Bonchev–Trinajstić information content (AvgIpc) is 2.63. The lowest BCUT2D eigenvalue weighted by Crippen LogP contribution is -2.49. The van der Waals surface area contributed by atoms with Crippen LogP contribution in [0.2, 0.25) is 0 Å². The van der Waals surface area contributed by atoms with Gasteiger partial charge in [0.15, 0.2) is 0 Å². The van der Waals surface area contributed by atoms with E-state index in [1.54, 1.807) is 0 Å². The maximum absolute atomic E-state index is 12.2. The van der Waals surface area contributed by atoms with E-state index in [1.807, 2.05) is 11.0 Å². The summed E-state index contributed by atoms with van der Waals surface area (Å²) in [6, 6.07) is 10.4. The summed E-state index contributed by atoms with van der Waals surface area (Å²) < 4.78 is 0. The SMILES string of the molecule is CCCCNCCC(=O)N1CCN(C/C=C/c2ccccc2)CC1. The molecule has 0 spiro atoms. The number of benzene rings is 1. The van der Waals surface area contributed by atoms with E-state index >= 15 is 0 Å². The summed E-state index contributed by atoms with van der Waals surface area (Å²) in [5.74, 6) is 0.290. The smallest absolute Gasteiger partial charge is 0.223 e. The van der Waals surface area contributed by atoms with Crippen LogP contribution >= 0.6 is 0 Å². The van der Waals surface area contributed by atoms with Gasteiger partial charge in [-0.05, 0) is 18.5 Å². The van der Waals surface area contributed by atoms with Crippen molar-refractivity contribution in [2.24, 2.45) is 0 Å². The number of hydrogen-bond donors (Lipinski definition) is 1. The maximum atomic E-state index is 12.2. The Bertz CT molecular complexity index is 493. The molecule has 1 fully saturated rings. The molecule has 0 atom stereocenters. The molecule has 1 amide bonds. The Labute approximate surface area is 146 Å². The molecule has 1 aliphatic rings. The van der Waals surface area contributed by atoms with Gasteiger partial charge in [0.1, 0.15) is 0 Å². The Hall–Kier alpha value is -1.65. The van der Waals surface area contributed by atoms with Crippen molar-refractivity contribution in [1.29, 1.82) is 0 Å².